The third kappa shape index (κ3) is 8.29. The highest BCUT2D eigenvalue weighted by Gasteiger charge is 2.32. The lowest BCUT2D eigenvalue weighted by Gasteiger charge is -2.33. The maximum absolute atomic E-state index is 12.4. The van der Waals surface area contributed by atoms with Gasteiger partial charge >= 0.3 is 6.09 Å². The second kappa shape index (κ2) is 11.8. The summed E-state index contributed by atoms with van der Waals surface area (Å²) in [4.78, 5) is 14.4. The SMILES string of the molecule is C=CC[C@@](CO)(CCc1ccc(Sc2cc(C)ccc2OC)cc1Cl)NC(=O)OC(C)(C)C. The number of aliphatic hydroxyl groups is 1. The topological polar surface area (TPSA) is 67.8 Å². The van der Waals surface area contributed by atoms with Gasteiger partial charge in [-0.1, -0.05) is 41.6 Å². The largest absolute Gasteiger partial charge is 0.496 e. The van der Waals surface area contributed by atoms with Crippen LogP contribution in [-0.4, -0.2) is 36.1 Å². The number of aliphatic hydroxyl groups excluding tert-OH is 1. The molecule has 0 bridgehead atoms. The first-order chi connectivity index (χ1) is 15.5. The van der Waals surface area contributed by atoms with E-state index in [9.17, 15) is 9.90 Å². The number of nitrogens with one attached hydrogen (secondary N) is 1. The van der Waals surface area contributed by atoms with Crippen LogP contribution in [0, 0.1) is 6.92 Å². The molecule has 0 aliphatic heterocycles. The number of hydrogen-bond acceptors (Lipinski definition) is 5. The van der Waals surface area contributed by atoms with Crippen molar-refractivity contribution < 1.29 is 19.4 Å². The Kier molecular flexibility index (Phi) is 9.70. The van der Waals surface area contributed by atoms with Gasteiger partial charge in [0.1, 0.15) is 11.4 Å². The molecular formula is C26H34ClNO4S. The minimum Gasteiger partial charge on any atom is -0.496 e. The van der Waals surface area contributed by atoms with Crippen LogP contribution in [0.4, 0.5) is 4.79 Å². The highest BCUT2D eigenvalue weighted by Crippen LogP contribution is 2.37. The van der Waals surface area contributed by atoms with Crippen LogP contribution in [0.3, 0.4) is 0 Å². The van der Waals surface area contributed by atoms with E-state index in [0.717, 1.165) is 26.7 Å². The molecule has 2 aromatic carbocycles. The quantitative estimate of drug-likeness (QED) is 0.368. The first kappa shape index (κ1) is 27.1. The molecule has 0 fully saturated rings. The van der Waals surface area contributed by atoms with Gasteiger partial charge in [-0.15, -0.1) is 6.58 Å². The van der Waals surface area contributed by atoms with E-state index in [0.29, 0.717) is 24.3 Å². The number of halogens is 1. The van der Waals surface area contributed by atoms with Crippen molar-refractivity contribution in [2.45, 2.75) is 67.9 Å². The normalized spacial score (nSPS) is 13.2. The average molecular weight is 492 g/mol. The number of rotatable bonds is 10. The fourth-order valence-electron chi connectivity index (χ4n) is 3.35. The maximum Gasteiger partial charge on any atom is 0.408 e. The lowest BCUT2D eigenvalue weighted by atomic mass is 9.88. The number of carbonyl (C=O) groups excluding carboxylic acids is 1. The summed E-state index contributed by atoms with van der Waals surface area (Å²) >= 11 is 8.19. The van der Waals surface area contributed by atoms with Gasteiger partial charge in [-0.05, 0) is 82.3 Å². The summed E-state index contributed by atoms with van der Waals surface area (Å²) in [7, 11) is 1.66. The molecule has 180 valence electrons. The van der Waals surface area contributed by atoms with Crippen LogP contribution in [0.5, 0.6) is 5.75 Å². The molecule has 2 aromatic rings. The Labute approximate surface area is 206 Å². The van der Waals surface area contributed by atoms with Crippen molar-refractivity contribution >= 4 is 29.5 Å². The van der Waals surface area contributed by atoms with Gasteiger partial charge in [0.2, 0.25) is 0 Å². The molecule has 0 saturated carbocycles. The summed E-state index contributed by atoms with van der Waals surface area (Å²) in [6, 6.07) is 12.0. The van der Waals surface area contributed by atoms with Gasteiger partial charge in [-0.3, -0.25) is 0 Å². The van der Waals surface area contributed by atoms with Crippen LogP contribution in [-0.2, 0) is 11.2 Å². The zero-order valence-electron chi connectivity index (χ0n) is 20.0. The molecule has 7 heteroatoms. The van der Waals surface area contributed by atoms with Gasteiger partial charge < -0.3 is 19.9 Å². The summed E-state index contributed by atoms with van der Waals surface area (Å²) in [5.74, 6) is 0.816. The van der Waals surface area contributed by atoms with Crippen LogP contribution in [0.1, 0.15) is 44.7 Å². The third-order valence-electron chi connectivity index (χ3n) is 5.05. The van der Waals surface area contributed by atoms with E-state index in [1.807, 2.05) is 37.3 Å². The summed E-state index contributed by atoms with van der Waals surface area (Å²) in [5.41, 5.74) is 0.581. The van der Waals surface area contributed by atoms with E-state index in [1.54, 1.807) is 45.7 Å². The Hall–Kier alpha value is -2.15. The van der Waals surface area contributed by atoms with Crippen molar-refractivity contribution in [1.29, 1.82) is 0 Å². The van der Waals surface area contributed by atoms with Crippen molar-refractivity contribution in [3.05, 3.63) is 65.2 Å². The van der Waals surface area contributed by atoms with Crippen LogP contribution in [0.25, 0.3) is 0 Å². The Morgan fingerprint density at radius 2 is 1.97 bits per heavy atom. The highest BCUT2D eigenvalue weighted by molar-refractivity contribution is 7.99. The number of carbonyl (C=O) groups is 1. The zero-order chi connectivity index (χ0) is 24.6. The first-order valence-corrected chi connectivity index (χ1v) is 12.0. The maximum atomic E-state index is 12.4. The molecular weight excluding hydrogens is 458 g/mol. The van der Waals surface area contributed by atoms with E-state index >= 15 is 0 Å². The van der Waals surface area contributed by atoms with Crippen LogP contribution in [0.2, 0.25) is 5.02 Å². The second-order valence-electron chi connectivity index (χ2n) is 9.07. The molecule has 0 aromatic heterocycles. The molecule has 0 aliphatic rings. The predicted molar refractivity (Wildman–Crippen MR) is 136 cm³/mol. The van der Waals surface area contributed by atoms with Crippen molar-refractivity contribution in [3.8, 4) is 5.75 Å². The molecule has 0 radical (unpaired) electrons. The van der Waals surface area contributed by atoms with Crippen molar-refractivity contribution in [2.75, 3.05) is 13.7 Å². The molecule has 5 nitrogen and oxygen atoms in total. The van der Waals surface area contributed by atoms with E-state index < -0.39 is 17.2 Å². The monoisotopic (exact) mass is 491 g/mol. The molecule has 1 atom stereocenters. The molecule has 0 unspecified atom stereocenters. The molecule has 0 heterocycles. The standard InChI is InChI=1S/C26H34ClNO4S/c1-7-13-26(17-29,28-24(30)32-25(3,4)5)14-12-19-9-10-20(16-21(19)27)33-23-15-18(2)8-11-22(23)31-6/h7-11,15-16,29H,1,12-14,17H2,2-6H3,(H,28,30)/t26-/m0/s1. The van der Waals surface area contributed by atoms with Gasteiger partial charge in [0.25, 0.3) is 0 Å². The lowest BCUT2D eigenvalue weighted by Crippen LogP contribution is -2.52. The number of ether oxygens (including phenoxy) is 2. The highest BCUT2D eigenvalue weighted by atomic mass is 35.5. The van der Waals surface area contributed by atoms with Gasteiger partial charge in [-0.25, -0.2) is 4.79 Å². The number of amides is 1. The number of benzene rings is 2. The van der Waals surface area contributed by atoms with Gasteiger partial charge in [-0.2, -0.15) is 0 Å². The van der Waals surface area contributed by atoms with Crippen molar-refractivity contribution in [2.24, 2.45) is 0 Å². The summed E-state index contributed by atoms with van der Waals surface area (Å²) in [6.07, 6.45) is 2.57. The molecule has 1 amide bonds. The van der Waals surface area contributed by atoms with Crippen LogP contribution < -0.4 is 10.1 Å². The summed E-state index contributed by atoms with van der Waals surface area (Å²) in [6.45, 7) is 11.0. The third-order valence-corrected chi connectivity index (χ3v) is 6.43. The van der Waals surface area contributed by atoms with Crippen LogP contribution in [0.15, 0.2) is 58.8 Å². The van der Waals surface area contributed by atoms with Crippen LogP contribution >= 0.6 is 23.4 Å². The number of hydrogen-bond donors (Lipinski definition) is 2. The molecule has 2 rings (SSSR count). The van der Waals surface area contributed by atoms with Gasteiger partial charge in [0.15, 0.2) is 0 Å². The molecule has 0 spiro atoms. The predicted octanol–water partition coefficient (Wildman–Crippen LogP) is 6.57. The smallest absolute Gasteiger partial charge is 0.408 e. The second-order valence-corrected chi connectivity index (χ2v) is 10.6. The molecule has 33 heavy (non-hydrogen) atoms. The van der Waals surface area contributed by atoms with E-state index in [2.05, 4.69) is 18.0 Å². The number of methoxy groups -OCH3 is 1. The minimum absolute atomic E-state index is 0.239. The molecule has 2 N–H and O–H groups in total. The Bertz CT molecular complexity index is 973. The van der Waals surface area contributed by atoms with Gasteiger partial charge in [0.05, 0.1) is 24.2 Å². The summed E-state index contributed by atoms with van der Waals surface area (Å²) < 4.78 is 10.9. The minimum atomic E-state index is -0.879. The van der Waals surface area contributed by atoms with Gasteiger partial charge in [0, 0.05) is 9.92 Å². The van der Waals surface area contributed by atoms with E-state index in [-0.39, 0.29) is 6.61 Å². The Balaban J connectivity index is 2.14. The summed E-state index contributed by atoms with van der Waals surface area (Å²) in [5, 5.41) is 13.6. The number of alkyl carbamates (subject to hydrolysis) is 1. The Morgan fingerprint density at radius 1 is 1.24 bits per heavy atom. The first-order valence-electron chi connectivity index (χ1n) is 10.8. The van der Waals surface area contributed by atoms with E-state index in [4.69, 9.17) is 21.1 Å². The average Bonchev–Trinajstić information content (AvgIpc) is 2.72. The molecule has 0 aliphatic carbocycles. The fraction of sp³-hybridized carbons (Fsp3) is 0.423. The molecule has 0 saturated heterocycles. The van der Waals surface area contributed by atoms with E-state index in [1.165, 1.54) is 0 Å². The Morgan fingerprint density at radius 3 is 2.55 bits per heavy atom. The van der Waals surface area contributed by atoms with Crippen molar-refractivity contribution in [3.63, 3.8) is 0 Å². The lowest BCUT2D eigenvalue weighted by molar-refractivity contribution is 0.0389. The zero-order valence-corrected chi connectivity index (χ0v) is 21.6. The fourth-order valence-corrected chi connectivity index (χ4v) is 4.76. The number of aryl methyl sites for hydroxylation is 2. The van der Waals surface area contributed by atoms with Crippen molar-refractivity contribution in [1.82, 2.24) is 5.32 Å².